The van der Waals surface area contributed by atoms with Crippen LogP contribution in [0.3, 0.4) is 0 Å². The third-order valence-electron chi connectivity index (χ3n) is 13.4. The van der Waals surface area contributed by atoms with Crippen molar-refractivity contribution in [2.75, 3.05) is 26.2 Å². The van der Waals surface area contributed by atoms with E-state index in [0.717, 1.165) is 25.7 Å². The van der Waals surface area contributed by atoms with Gasteiger partial charge in [-0.1, -0.05) is 90.9 Å². The number of aliphatic imine (C=N–C) groups is 3. The van der Waals surface area contributed by atoms with Crippen LogP contribution in [0.4, 0.5) is 0 Å². The summed E-state index contributed by atoms with van der Waals surface area (Å²) in [4.78, 5) is 134. The Labute approximate surface area is 455 Å². The summed E-state index contributed by atoms with van der Waals surface area (Å²) in [7, 11) is 0. The van der Waals surface area contributed by atoms with Crippen LogP contribution < -0.4 is 67.1 Å². The molecule has 0 aliphatic carbocycles. The standard InChI is InChI=1S/C52H96N16O9/c1-3-5-6-7-8-9-10-11-12-13-14-15-16-25-45(73)64-38(22-18-31-62-51(57)58)47(75)67-39(23-19-32-63-52(59)60)49(77)68-33-20-24-40(68)48(76)66-37(27-29-44(54)72)42(70)34-35(21-17-30-61-50(55)56)46(74)65-36(41(69)4-2)26-28-43(53)71/h35-40H,3-34H2,1-2H3,(H2,53,71)(H2,54,72)(H,64,73)(H,65,74)(H,66,76)(H,67,75)(H4,55,56,61)(H4,57,58,62)(H4,59,60,63)/t35-,36+,37+,38+,39+,40+/m1/s1. The van der Waals surface area contributed by atoms with E-state index in [0.29, 0.717) is 19.3 Å². The maximum absolute atomic E-state index is 14.6. The van der Waals surface area contributed by atoms with Crippen molar-refractivity contribution >= 4 is 70.8 Å². The lowest BCUT2D eigenvalue weighted by atomic mass is 9.91. The molecule has 0 unspecified atom stereocenters. The van der Waals surface area contributed by atoms with Crippen molar-refractivity contribution in [3.8, 4) is 0 Å². The van der Waals surface area contributed by atoms with Crippen LogP contribution in [0.15, 0.2) is 15.0 Å². The smallest absolute Gasteiger partial charge is 0.245 e. The Morgan fingerprint density at radius 1 is 0.481 bits per heavy atom. The van der Waals surface area contributed by atoms with E-state index in [2.05, 4.69) is 43.2 Å². The van der Waals surface area contributed by atoms with Crippen LogP contribution in [-0.4, -0.2) is 132 Å². The van der Waals surface area contributed by atoms with Gasteiger partial charge < -0.3 is 72.0 Å². The van der Waals surface area contributed by atoms with Crippen molar-refractivity contribution in [3.63, 3.8) is 0 Å². The van der Waals surface area contributed by atoms with E-state index in [4.69, 9.17) is 45.9 Å². The number of rotatable bonds is 45. The number of hydrogen-bond donors (Lipinski definition) is 12. The Morgan fingerprint density at radius 3 is 1.42 bits per heavy atom. The zero-order chi connectivity index (χ0) is 57.5. The number of guanidine groups is 3. The van der Waals surface area contributed by atoms with Gasteiger partial charge in [0.05, 0.1) is 12.1 Å². The number of ketones is 2. The van der Waals surface area contributed by atoms with Crippen LogP contribution in [0.5, 0.6) is 0 Å². The Balaban J connectivity index is 3.31. The van der Waals surface area contributed by atoms with Gasteiger partial charge in [0.15, 0.2) is 29.4 Å². The van der Waals surface area contributed by atoms with E-state index in [1.165, 1.54) is 56.3 Å². The molecule has 1 aliphatic rings. The average molecular weight is 1090 g/mol. The van der Waals surface area contributed by atoms with E-state index in [1.54, 1.807) is 6.92 Å². The molecule has 438 valence electrons. The van der Waals surface area contributed by atoms with Crippen molar-refractivity contribution in [1.82, 2.24) is 26.2 Å². The van der Waals surface area contributed by atoms with Gasteiger partial charge in [-0.2, -0.15) is 0 Å². The average Bonchev–Trinajstić information content (AvgIpc) is 3.87. The lowest BCUT2D eigenvalue weighted by Gasteiger charge is -2.31. The number of Topliss-reactive ketones (excluding diaryl/α,β-unsaturated/α-hetero) is 2. The Hall–Kier alpha value is -6.56. The largest absolute Gasteiger partial charge is 0.370 e. The highest BCUT2D eigenvalue weighted by Gasteiger charge is 2.40. The first-order valence-corrected chi connectivity index (χ1v) is 28.0. The molecular formula is C52H96N16O9. The van der Waals surface area contributed by atoms with Gasteiger partial charge in [-0.05, 0) is 70.6 Å². The van der Waals surface area contributed by atoms with Crippen molar-refractivity contribution < 1.29 is 43.2 Å². The van der Waals surface area contributed by atoms with Crippen molar-refractivity contribution in [2.45, 2.75) is 224 Å². The minimum absolute atomic E-state index is 0.0411. The fraction of sp³-hybridized carbons (Fsp3) is 0.769. The van der Waals surface area contributed by atoms with E-state index >= 15 is 0 Å². The highest BCUT2D eigenvalue weighted by Crippen LogP contribution is 2.22. The molecule has 0 radical (unpaired) electrons. The molecule has 1 aliphatic heterocycles. The third-order valence-corrected chi connectivity index (χ3v) is 13.4. The summed E-state index contributed by atoms with van der Waals surface area (Å²) in [6.07, 6.45) is 15.5. The van der Waals surface area contributed by atoms with E-state index in [1.807, 2.05) is 0 Å². The summed E-state index contributed by atoms with van der Waals surface area (Å²) in [6.45, 7) is 4.33. The van der Waals surface area contributed by atoms with Gasteiger partial charge in [-0.3, -0.25) is 58.1 Å². The topological polar surface area (TPSA) is 450 Å². The van der Waals surface area contributed by atoms with Crippen molar-refractivity contribution in [2.24, 2.45) is 66.8 Å². The molecule has 6 atom stereocenters. The quantitative estimate of drug-likeness (QED) is 0.0226. The second kappa shape index (κ2) is 40.7. The molecule has 0 aromatic carbocycles. The first-order chi connectivity index (χ1) is 36.7. The molecule has 0 spiro atoms. The zero-order valence-electron chi connectivity index (χ0n) is 46.2. The molecule has 0 aromatic heterocycles. The van der Waals surface area contributed by atoms with Gasteiger partial charge in [0.2, 0.25) is 41.4 Å². The van der Waals surface area contributed by atoms with Gasteiger partial charge in [-0.15, -0.1) is 0 Å². The van der Waals surface area contributed by atoms with Crippen LogP contribution in [0, 0.1) is 5.92 Å². The third kappa shape index (κ3) is 31.9. The van der Waals surface area contributed by atoms with Gasteiger partial charge in [-0.25, -0.2) is 0 Å². The number of hydrogen-bond acceptors (Lipinski definition) is 12. The molecule has 20 N–H and O–H groups in total. The molecule has 25 heteroatoms. The minimum Gasteiger partial charge on any atom is -0.370 e. The highest BCUT2D eigenvalue weighted by atomic mass is 16.2. The number of carbonyl (C=O) groups is 9. The first kappa shape index (κ1) is 68.5. The number of likely N-dealkylation sites (tertiary alicyclic amines) is 1. The maximum atomic E-state index is 14.6. The van der Waals surface area contributed by atoms with Crippen LogP contribution in [0.25, 0.3) is 0 Å². The number of nitrogens with one attached hydrogen (secondary N) is 4. The van der Waals surface area contributed by atoms with Gasteiger partial charge in [0.25, 0.3) is 0 Å². The van der Waals surface area contributed by atoms with E-state index in [9.17, 15) is 43.2 Å². The number of carbonyl (C=O) groups excluding carboxylic acids is 9. The SMILES string of the molecule is CCCCCCCCCCCCCCCC(=O)N[C@@H](CCCN=C(N)N)C(=O)N[C@@H](CCCN=C(N)N)C(=O)N1CCC[C@H]1C(=O)N[C@@H](CCC(N)=O)C(=O)C[C@@H](CCCN=C(N)N)C(=O)N[C@@H](CCC(N)=O)C(=O)CC. The molecule has 0 saturated carbocycles. The molecule has 1 heterocycles. The predicted molar refractivity (Wildman–Crippen MR) is 298 cm³/mol. The number of nitrogens with zero attached hydrogens (tertiary/aromatic N) is 4. The summed E-state index contributed by atoms with van der Waals surface area (Å²) in [5, 5.41) is 11.0. The number of primary amides is 2. The highest BCUT2D eigenvalue weighted by molar-refractivity contribution is 5.98. The second-order valence-corrected chi connectivity index (χ2v) is 20.0. The molecule has 25 nitrogen and oxygen atoms in total. The molecule has 0 bridgehead atoms. The molecular weight excluding hydrogens is 993 g/mol. The first-order valence-electron chi connectivity index (χ1n) is 28.0. The normalized spacial score (nSPS) is 14.9. The lowest BCUT2D eigenvalue weighted by molar-refractivity contribution is -0.142. The maximum Gasteiger partial charge on any atom is 0.245 e. The van der Waals surface area contributed by atoms with Gasteiger partial charge >= 0.3 is 0 Å². The number of nitrogens with two attached hydrogens (primary N) is 8. The fourth-order valence-electron chi connectivity index (χ4n) is 9.14. The molecule has 1 rings (SSSR count). The van der Waals surface area contributed by atoms with Crippen LogP contribution in [0.2, 0.25) is 0 Å². The van der Waals surface area contributed by atoms with Crippen molar-refractivity contribution in [3.05, 3.63) is 0 Å². The summed E-state index contributed by atoms with van der Waals surface area (Å²) in [6, 6.07) is -5.80. The molecule has 1 fully saturated rings. The summed E-state index contributed by atoms with van der Waals surface area (Å²) >= 11 is 0. The molecule has 0 aromatic rings. The predicted octanol–water partition coefficient (Wildman–Crippen LogP) is 0.644. The van der Waals surface area contributed by atoms with Gasteiger partial charge in [0, 0.05) is 64.2 Å². The molecule has 7 amide bonds. The Kier molecular flexibility index (Phi) is 36.1. The van der Waals surface area contributed by atoms with Crippen LogP contribution >= 0.6 is 0 Å². The molecule has 1 saturated heterocycles. The minimum atomic E-state index is -1.35. The monoisotopic (exact) mass is 1090 g/mol. The fourth-order valence-corrected chi connectivity index (χ4v) is 9.14. The van der Waals surface area contributed by atoms with E-state index in [-0.39, 0.29) is 133 Å². The number of unbranched alkanes of at least 4 members (excludes halogenated alkanes) is 12. The van der Waals surface area contributed by atoms with Crippen molar-refractivity contribution in [1.29, 1.82) is 0 Å². The summed E-state index contributed by atoms with van der Waals surface area (Å²) < 4.78 is 0. The van der Waals surface area contributed by atoms with Crippen LogP contribution in [0.1, 0.15) is 194 Å². The summed E-state index contributed by atoms with van der Waals surface area (Å²) in [5.74, 6) is -6.96. The van der Waals surface area contributed by atoms with E-state index < -0.39 is 83.8 Å². The lowest BCUT2D eigenvalue weighted by Crippen LogP contribution is -2.57. The Morgan fingerprint density at radius 2 is 0.935 bits per heavy atom. The second-order valence-electron chi connectivity index (χ2n) is 20.0. The van der Waals surface area contributed by atoms with Crippen LogP contribution in [-0.2, 0) is 43.2 Å². The van der Waals surface area contributed by atoms with Gasteiger partial charge in [0.1, 0.15) is 18.1 Å². The molecule has 77 heavy (non-hydrogen) atoms. The zero-order valence-corrected chi connectivity index (χ0v) is 46.2. The Bertz CT molecular complexity index is 1940. The summed E-state index contributed by atoms with van der Waals surface area (Å²) in [5.41, 5.74) is 43.9. The number of amides is 7.